The van der Waals surface area contributed by atoms with Crippen LogP contribution in [0.25, 0.3) is 0 Å². The summed E-state index contributed by atoms with van der Waals surface area (Å²) in [6.07, 6.45) is 2.24. The topological polar surface area (TPSA) is 86.7 Å². The predicted octanol–water partition coefficient (Wildman–Crippen LogP) is 5.04. The second-order valence-electron chi connectivity index (χ2n) is 11.2. The first-order chi connectivity index (χ1) is 15.5. The maximum Gasteiger partial charge on any atom is 0.331 e. The van der Waals surface area contributed by atoms with E-state index in [0.717, 1.165) is 5.56 Å². The molecule has 0 radical (unpaired) electrons. The van der Waals surface area contributed by atoms with Crippen LogP contribution in [0.15, 0.2) is 42.0 Å². The first-order valence-electron chi connectivity index (χ1n) is 12.1. The second-order valence-corrected chi connectivity index (χ2v) is 11.2. The standard InChI is InChI=1S/C28H44N2O4/c1-11-21(28(8,9)20-15-13-12-14-16-20)24(31)29-23(27(5,6)7)25(32)30(10)22(18(2)3)17-19(4)26(33)34/h12-18,21-23H,11H2,1-10H3,(H,29,31)(H,33,34)/t21-,22+,23+/m0/s1. The van der Waals surface area contributed by atoms with Crippen molar-refractivity contribution in [1.29, 1.82) is 0 Å². The van der Waals surface area contributed by atoms with Gasteiger partial charge in [0.05, 0.1) is 6.04 Å². The summed E-state index contributed by atoms with van der Waals surface area (Å²) in [7, 11) is 1.68. The van der Waals surface area contributed by atoms with Crippen LogP contribution >= 0.6 is 0 Å². The molecule has 190 valence electrons. The van der Waals surface area contributed by atoms with Gasteiger partial charge in [-0.05, 0) is 30.2 Å². The largest absolute Gasteiger partial charge is 0.478 e. The van der Waals surface area contributed by atoms with Gasteiger partial charge < -0.3 is 15.3 Å². The van der Waals surface area contributed by atoms with Gasteiger partial charge in [-0.2, -0.15) is 0 Å². The van der Waals surface area contributed by atoms with Crippen molar-refractivity contribution in [1.82, 2.24) is 10.2 Å². The van der Waals surface area contributed by atoms with Crippen LogP contribution in [0.5, 0.6) is 0 Å². The van der Waals surface area contributed by atoms with Gasteiger partial charge in [-0.3, -0.25) is 9.59 Å². The number of benzene rings is 1. The van der Waals surface area contributed by atoms with Gasteiger partial charge in [-0.25, -0.2) is 4.79 Å². The summed E-state index contributed by atoms with van der Waals surface area (Å²) in [6.45, 7) is 17.3. The third-order valence-corrected chi connectivity index (χ3v) is 6.75. The average Bonchev–Trinajstić information content (AvgIpc) is 2.74. The number of nitrogens with zero attached hydrogens (tertiary/aromatic N) is 1. The number of carbonyl (C=O) groups excluding carboxylic acids is 2. The van der Waals surface area contributed by atoms with Crippen molar-refractivity contribution in [3.8, 4) is 0 Å². The summed E-state index contributed by atoms with van der Waals surface area (Å²) < 4.78 is 0. The highest BCUT2D eigenvalue weighted by molar-refractivity contribution is 5.90. The van der Waals surface area contributed by atoms with Gasteiger partial charge in [0.25, 0.3) is 0 Å². The third kappa shape index (κ3) is 7.18. The van der Waals surface area contributed by atoms with Crippen molar-refractivity contribution in [2.45, 2.75) is 86.2 Å². The minimum Gasteiger partial charge on any atom is -0.478 e. The lowest BCUT2D eigenvalue weighted by molar-refractivity contribution is -0.141. The van der Waals surface area contributed by atoms with E-state index in [-0.39, 0.29) is 29.2 Å². The fourth-order valence-electron chi connectivity index (χ4n) is 4.41. The van der Waals surface area contributed by atoms with E-state index in [0.29, 0.717) is 6.42 Å². The maximum absolute atomic E-state index is 13.7. The number of carbonyl (C=O) groups is 3. The van der Waals surface area contributed by atoms with Crippen LogP contribution in [0.2, 0.25) is 0 Å². The fourth-order valence-corrected chi connectivity index (χ4v) is 4.41. The van der Waals surface area contributed by atoms with E-state index in [4.69, 9.17) is 0 Å². The van der Waals surface area contributed by atoms with Crippen molar-refractivity contribution < 1.29 is 19.5 Å². The number of amides is 2. The van der Waals surface area contributed by atoms with E-state index in [1.165, 1.54) is 6.92 Å². The molecule has 0 saturated heterocycles. The molecule has 0 unspecified atom stereocenters. The molecular formula is C28H44N2O4. The van der Waals surface area contributed by atoms with Crippen LogP contribution < -0.4 is 5.32 Å². The summed E-state index contributed by atoms with van der Waals surface area (Å²) >= 11 is 0. The number of likely N-dealkylation sites (N-methyl/N-ethyl adjacent to an activating group) is 1. The molecule has 6 heteroatoms. The molecule has 0 aliphatic carbocycles. The molecule has 0 fully saturated rings. The Labute approximate surface area is 205 Å². The van der Waals surface area contributed by atoms with Crippen LogP contribution in [-0.4, -0.2) is 46.9 Å². The summed E-state index contributed by atoms with van der Waals surface area (Å²) in [5.74, 6) is -1.73. The number of hydrogen-bond acceptors (Lipinski definition) is 3. The van der Waals surface area contributed by atoms with Gasteiger partial charge in [0, 0.05) is 24.0 Å². The van der Waals surface area contributed by atoms with Crippen LogP contribution in [0.3, 0.4) is 0 Å². The minimum absolute atomic E-state index is 0.0000239. The summed E-state index contributed by atoms with van der Waals surface area (Å²) in [5, 5.41) is 12.4. The molecule has 3 atom stereocenters. The van der Waals surface area contributed by atoms with Crippen LogP contribution in [-0.2, 0) is 19.8 Å². The highest BCUT2D eigenvalue weighted by atomic mass is 16.4. The van der Waals surface area contributed by atoms with Crippen molar-refractivity contribution in [3.63, 3.8) is 0 Å². The molecule has 2 amide bonds. The Balaban J connectivity index is 3.29. The SMILES string of the molecule is CC[C@@H](C(=O)N[C@H](C(=O)N(C)[C@H](C=C(C)C(=O)O)C(C)C)C(C)(C)C)C(C)(C)c1ccccc1. The van der Waals surface area contributed by atoms with Crippen LogP contribution in [0.1, 0.15) is 74.3 Å². The molecule has 0 aliphatic heterocycles. The smallest absolute Gasteiger partial charge is 0.331 e. The monoisotopic (exact) mass is 472 g/mol. The van der Waals surface area contributed by atoms with Crippen molar-refractivity contribution in [2.24, 2.45) is 17.3 Å². The van der Waals surface area contributed by atoms with Gasteiger partial charge in [0.15, 0.2) is 0 Å². The molecule has 1 rings (SSSR count). The van der Waals surface area contributed by atoms with E-state index in [1.807, 2.05) is 71.9 Å². The number of carboxylic acid groups (broad SMARTS) is 1. The van der Waals surface area contributed by atoms with Gasteiger partial charge in [-0.15, -0.1) is 0 Å². The quantitative estimate of drug-likeness (QED) is 0.467. The molecule has 0 spiro atoms. The molecule has 0 aromatic heterocycles. The summed E-state index contributed by atoms with van der Waals surface area (Å²) in [4.78, 5) is 40.2. The number of nitrogens with one attached hydrogen (secondary N) is 1. The van der Waals surface area contributed by atoms with Crippen molar-refractivity contribution in [2.75, 3.05) is 7.05 Å². The number of hydrogen-bond donors (Lipinski definition) is 2. The van der Waals surface area contributed by atoms with Crippen molar-refractivity contribution >= 4 is 17.8 Å². The Hall–Kier alpha value is -2.63. The molecule has 34 heavy (non-hydrogen) atoms. The molecule has 1 aromatic carbocycles. The fraction of sp³-hybridized carbons (Fsp3) is 0.607. The lowest BCUT2D eigenvalue weighted by atomic mass is 9.71. The molecular weight excluding hydrogens is 428 g/mol. The first-order valence-corrected chi connectivity index (χ1v) is 12.1. The average molecular weight is 473 g/mol. The first kappa shape index (κ1) is 29.4. The Morgan fingerprint density at radius 2 is 1.59 bits per heavy atom. The molecule has 6 nitrogen and oxygen atoms in total. The molecule has 0 bridgehead atoms. The van der Waals surface area contributed by atoms with Gasteiger partial charge in [-0.1, -0.05) is 91.8 Å². The zero-order valence-electron chi connectivity index (χ0n) is 22.6. The Morgan fingerprint density at radius 3 is 2.00 bits per heavy atom. The molecule has 1 aromatic rings. The molecule has 0 aliphatic rings. The van der Waals surface area contributed by atoms with E-state index in [1.54, 1.807) is 18.0 Å². The van der Waals surface area contributed by atoms with E-state index < -0.39 is 28.9 Å². The lowest BCUT2D eigenvalue weighted by Gasteiger charge is -2.39. The van der Waals surface area contributed by atoms with Gasteiger partial charge >= 0.3 is 5.97 Å². The lowest BCUT2D eigenvalue weighted by Crippen LogP contribution is -2.58. The molecule has 2 N–H and O–H groups in total. The normalized spacial score (nSPS) is 15.4. The predicted molar refractivity (Wildman–Crippen MR) is 137 cm³/mol. The van der Waals surface area contributed by atoms with Crippen LogP contribution in [0, 0.1) is 17.3 Å². The second kappa shape index (κ2) is 11.7. The highest BCUT2D eigenvalue weighted by Crippen LogP contribution is 2.34. The van der Waals surface area contributed by atoms with E-state index in [9.17, 15) is 19.5 Å². The Kier molecular flexibility index (Phi) is 10.1. The third-order valence-electron chi connectivity index (χ3n) is 6.75. The minimum atomic E-state index is -1.01. The van der Waals surface area contributed by atoms with Crippen LogP contribution in [0.4, 0.5) is 0 Å². The zero-order valence-corrected chi connectivity index (χ0v) is 22.6. The zero-order chi connectivity index (χ0) is 26.4. The van der Waals surface area contributed by atoms with Gasteiger partial charge in [0.2, 0.25) is 11.8 Å². The number of aliphatic carboxylic acids is 1. The Morgan fingerprint density at radius 1 is 1.06 bits per heavy atom. The number of rotatable bonds is 10. The van der Waals surface area contributed by atoms with Crippen molar-refractivity contribution in [3.05, 3.63) is 47.5 Å². The summed E-state index contributed by atoms with van der Waals surface area (Å²) in [6, 6.07) is 8.78. The molecule has 0 saturated carbocycles. The number of carboxylic acids is 1. The molecule has 0 heterocycles. The summed E-state index contributed by atoms with van der Waals surface area (Å²) in [5.41, 5.74) is 0.301. The van der Waals surface area contributed by atoms with E-state index >= 15 is 0 Å². The maximum atomic E-state index is 13.7. The highest BCUT2D eigenvalue weighted by Gasteiger charge is 2.41. The Bertz CT molecular complexity index is 881. The van der Waals surface area contributed by atoms with E-state index in [2.05, 4.69) is 19.2 Å². The van der Waals surface area contributed by atoms with Gasteiger partial charge in [0.1, 0.15) is 6.04 Å².